The van der Waals surface area contributed by atoms with Crippen molar-refractivity contribution in [2.75, 3.05) is 62.3 Å². The summed E-state index contributed by atoms with van der Waals surface area (Å²) in [5.74, 6) is 2.34. The molecule has 0 unspecified atom stereocenters. The lowest BCUT2D eigenvalue weighted by Gasteiger charge is -2.46. The van der Waals surface area contributed by atoms with Crippen molar-refractivity contribution in [3.63, 3.8) is 0 Å². The Bertz CT molecular complexity index is 1240. The predicted octanol–water partition coefficient (Wildman–Crippen LogP) is 6.15. The Morgan fingerprint density at radius 3 is 1.91 bits per heavy atom. The molecule has 0 aromatic heterocycles. The molecule has 1 N–H and O–H groups in total. The molecule has 2 aromatic carbocycles. The molecule has 0 spiro atoms. The van der Waals surface area contributed by atoms with Crippen LogP contribution >= 0.6 is 0 Å². The molecule has 0 radical (unpaired) electrons. The zero-order valence-corrected chi connectivity index (χ0v) is 27.9. The highest BCUT2D eigenvalue weighted by atomic mass is 16.5. The number of carboxylic acid groups (broad SMARTS) is 1. The van der Waals surface area contributed by atoms with E-state index in [1.165, 1.54) is 11.1 Å². The highest BCUT2D eigenvalue weighted by Gasteiger charge is 2.40. The molecule has 10 heteroatoms. The number of aliphatic carboxylic acids is 1. The minimum Gasteiger partial charge on any atom is -0.493 e. The van der Waals surface area contributed by atoms with Crippen molar-refractivity contribution >= 4 is 11.9 Å². The summed E-state index contributed by atoms with van der Waals surface area (Å²) in [6.07, 6.45) is 8.40. The molecule has 0 saturated carbocycles. The fourth-order valence-electron chi connectivity index (χ4n) is 6.34. The number of hydrogen-bond acceptors (Lipinski definition) is 8. The molecule has 1 aliphatic heterocycles. The highest BCUT2D eigenvalue weighted by molar-refractivity contribution is 5.69. The first-order valence-corrected chi connectivity index (χ1v) is 15.9. The van der Waals surface area contributed by atoms with Gasteiger partial charge in [0.15, 0.2) is 23.0 Å². The lowest BCUT2D eigenvalue weighted by molar-refractivity contribution is -0.941. The molecular weight excluding hydrogens is 578 g/mol. The van der Waals surface area contributed by atoms with Crippen molar-refractivity contribution in [2.45, 2.75) is 76.7 Å². The number of rotatable bonds is 20. The number of carboxylic acids is 1. The molecule has 250 valence electrons. The predicted molar refractivity (Wildman–Crippen MR) is 172 cm³/mol. The fourth-order valence-corrected chi connectivity index (χ4v) is 6.34. The Labute approximate surface area is 268 Å². The van der Waals surface area contributed by atoms with Gasteiger partial charge in [-0.25, -0.2) is 0 Å². The molecule has 2 atom stereocenters. The second-order valence-corrected chi connectivity index (χ2v) is 11.9. The Balaban J connectivity index is 1.67. The molecule has 45 heavy (non-hydrogen) atoms. The van der Waals surface area contributed by atoms with E-state index in [0.717, 1.165) is 80.3 Å². The number of likely N-dealkylation sites (N-methyl/N-ethyl adjacent to an activating group) is 1. The third-order valence-electron chi connectivity index (χ3n) is 8.90. The fraction of sp³-hybridized carbons (Fsp3) is 0.600. The summed E-state index contributed by atoms with van der Waals surface area (Å²) in [6.45, 7) is 2.15. The number of fused-ring (bicyclic) bond motifs is 1. The van der Waals surface area contributed by atoms with Crippen LogP contribution in [0.15, 0.2) is 24.3 Å². The average molecular weight is 631 g/mol. The molecule has 1 heterocycles. The number of esters is 1. The molecule has 0 amide bonds. The monoisotopic (exact) mass is 630 g/mol. The third kappa shape index (κ3) is 9.91. The van der Waals surface area contributed by atoms with Gasteiger partial charge in [0.2, 0.25) is 5.75 Å². The van der Waals surface area contributed by atoms with Crippen molar-refractivity contribution in [1.82, 2.24) is 0 Å². The van der Waals surface area contributed by atoms with Crippen molar-refractivity contribution in [2.24, 2.45) is 0 Å². The average Bonchev–Trinajstić information content (AvgIpc) is 3.04. The first kappa shape index (κ1) is 35.8. The summed E-state index contributed by atoms with van der Waals surface area (Å²) in [5.41, 5.74) is 3.53. The topological polar surface area (TPSA) is 110 Å². The van der Waals surface area contributed by atoms with Crippen molar-refractivity contribution in [1.29, 1.82) is 0 Å². The van der Waals surface area contributed by atoms with Gasteiger partial charge < -0.3 is 38.0 Å². The molecule has 0 fully saturated rings. The van der Waals surface area contributed by atoms with Crippen LogP contribution < -0.4 is 23.7 Å². The minimum absolute atomic E-state index is 0.0996. The van der Waals surface area contributed by atoms with E-state index in [1.54, 1.807) is 35.5 Å². The maximum atomic E-state index is 12.4. The van der Waals surface area contributed by atoms with Crippen LogP contribution in [0, 0.1) is 0 Å². The maximum Gasteiger partial charge on any atom is 0.305 e. The van der Waals surface area contributed by atoms with E-state index in [0.29, 0.717) is 42.4 Å². The van der Waals surface area contributed by atoms with Gasteiger partial charge >= 0.3 is 11.9 Å². The van der Waals surface area contributed by atoms with Crippen molar-refractivity contribution in [3.05, 3.63) is 41.0 Å². The van der Waals surface area contributed by atoms with E-state index in [4.69, 9.17) is 33.5 Å². The third-order valence-corrected chi connectivity index (χ3v) is 8.90. The number of methoxy groups -OCH3 is 5. The summed E-state index contributed by atoms with van der Waals surface area (Å²) in [6, 6.07) is 8.33. The van der Waals surface area contributed by atoms with E-state index in [9.17, 15) is 9.59 Å². The largest absolute Gasteiger partial charge is 0.493 e. The Morgan fingerprint density at radius 1 is 0.756 bits per heavy atom. The van der Waals surface area contributed by atoms with Crippen molar-refractivity contribution in [3.8, 4) is 28.7 Å². The minimum atomic E-state index is -0.742. The number of benzene rings is 2. The molecule has 1 aliphatic rings. The second kappa shape index (κ2) is 17.7. The number of carbonyl (C=O) groups is 2. The van der Waals surface area contributed by atoms with E-state index in [-0.39, 0.29) is 18.4 Å². The van der Waals surface area contributed by atoms with Gasteiger partial charge in [-0.2, -0.15) is 0 Å². The van der Waals surface area contributed by atoms with E-state index < -0.39 is 5.97 Å². The Morgan fingerprint density at radius 2 is 1.33 bits per heavy atom. The summed E-state index contributed by atoms with van der Waals surface area (Å²) in [5, 5.41) is 8.72. The summed E-state index contributed by atoms with van der Waals surface area (Å²) >= 11 is 0. The number of quaternary nitrogens is 1. The SMILES string of the molecule is COc1cc2c(cc1OC)[C@@H](Cc1cc(OC)c(OC)c(OC)c1)[N@+](C)(CCCOC(=O)CCCCCCCCC(=O)O)CC2. The molecule has 2 aromatic rings. The molecule has 0 saturated heterocycles. The highest BCUT2D eigenvalue weighted by Crippen LogP contribution is 2.44. The summed E-state index contributed by atoms with van der Waals surface area (Å²) in [4.78, 5) is 23.0. The first-order valence-electron chi connectivity index (χ1n) is 15.9. The number of unbranched alkanes of at least 4 members (excludes halogenated alkanes) is 5. The smallest absolute Gasteiger partial charge is 0.305 e. The van der Waals surface area contributed by atoms with Crippen molar-refractivity contribution < 1.29 is 47.6 Å². The van der Waals surface area contributed by atoms with Gasteiger partial charge in [0.1, 0.15) is 6.04 Å². The van der Waals surface area contributed by atoms with Gasteiger partial charge in [-0.1, -0.05) is 25.7 Å². The molecule has 3 rings (SSSR count). The van der Waals surface area contributed by atoms with Crippen LogP contribution in [0.3, 0.4) is 0 Å². The van der Waals surface area contributed by atoms with Gasteiger partial charge in [-0.3, -0.25) is 9.59 Å². The lowest BCUT2D eigenvalue weighted by atomic mass is 9.86. The van der Waals surface area contributed by atoms with Gasteiger partial charge in [-0.05, 0) is 48.2 Å². The zero-order chi connectivity index (χ0) is 32.8. The molecule has 0 bridgehead atoms. The summed E-state index contributed by atoms with van der Waals surface area (Å²) < 4.78 is 34.6. The molecular formula is C35H52NO9+. The molecule has 10 nitrogen and oxygen atoms in total. The van der Waals surface area contributed by atoms with Crippen LogP contribution in [0.25, 0.3) is 0 Å². The lowest BCUT2D eigenvalue weighted by Crippen LogP contribution is -2.52. The normalized spacial score (nSPS) is 17.2. The number of hydrogen-bond donors (Lipinski definition) is 1. The first-order chi connectivity index (χ1) is 21.7. The quantitative estimate of drug-likeness (QED) is 0.105. The van der Waals surface area contributed by atoms with Crippen LogP contribution in [0.2, 0.25) is 0 Å². The standard InChI is InChI=1S/C35H51NO9/c1-36(17-13-19-45-34(39)15-12-10-8-7-9-11-14-33(37)38)18-16-26-23-29(40-2)30(41-3)24-27(26)28(36)20-25-21-31(42-4)35(44-6)32(22-25)43-5/h21-24,28H,7-20H2,1-6H3/p+1/t28-,36-/m1/s1. The number of ether oxygens (including phenoxy) is 6. The Hall–Kier alpha value is -3.66. The van der Waals surface area contributed by atoms with Crippen LogP contribution in [0.1, 0.15) is 80.5 Å². The van der Waals surface area contributed by atoms with Gasteiger partial charge in [-0.15, -0.1) is 0 Å². The number of nitrogens with zero attached hydrogens (tertiary/aromatic N) is 1. The number of carbonyl (C=O) groups excluding carboxylic acids is 1. The Kier molecular flexibility index (Phi) is 14.1. The zero-order valence-electron chi connectivity index (χ0n) is 27.9. The van der Waals surface area contributed by atoms with Gasteiger partial charge in [0.05, 0.1) is 62.3 Å². The second-order valence-electron chi connectivity index (χ2n) is 11.9. The van der Waals surface area contributed by atoms with E-state index >= 15 is 0 Å². The summed E-state index contributed by atoms with van der Waals surface area (Å²) in [7, 11) is 10.5. The molecule has 0 aliphatic carbocycles. The van der Waals surface area contributed by atoms with Gasteiger partial charge in [0.25, 0.3) is 0 Å². The maximum absolute atomic E-state index is 12.4. The van der Waals surface area contributed by atoms with E-state index in [1.807, 2.05) is 12.1 Å². The van der Waals surface area contributed by atoms with Crippen LogP contribution in [0.4, 0.5) is 0 Å². The van der Waals surface area contributed by atoms with Crippen LogP contribution in [-0.2, 0) is 27.2 Å². The van der Waals surface area contributed by atoms with E-state index in [2.05, 4.69) is 19.2 Å². The van der Waals surface area contributed by atoms with Gasteiger partial charge in [0, 0.05) is 37.7 Å². The van der Waals surface area contributed by atoms with Crippen LogP contribution in [0.5, 0.6) is 28.7 Å². The van der Waals surface area contributed by atoms with Crippen LogP contribution in [-0.4, -0.2) is 83.8 Å².